The van der Waals surface area contributed by atoms with Crippen LogP contribution in [0.25, 0.3) is 26.1 Å². The van der Waals surface area contributed by atoms with Gasteiger partial charge in [0.2, 0.25) is 0 Å². The Kier molecular flexibility index (Phi) is 4.45. The second kappa shape index (κ2) is 6.89. The summed E-state index contributed by atoms with van der Waals surface area (Å²) in [5, 5.41) is 8.69. The van der Waals surface area contributed by atoms with Crippen LogP contribution in [0.2, 0.25) is 0 Å². The van der Waals surface area contributed by atoms with Gasteiger partial charge in [-0.05, 0) is 38.5 Å². The van der Waals surface area contributed by atoms with Crippen LogP contribution in [0.15, 0.2) is 18.5 Å². The first-order valence-corrected chi connectivity index (χ1v) is 10.2. The van der Waals surface area contributed by atoms with Crippen LogP contribution in [0.5, 0.6) is 0 Å². The van der Waals surface area contributed by atoms with Crippen LogP contribution < -0.4 is 0 Å². The first-order valence-electron chi connectivity index (χ1n) is 9.41. The molecule has 166 valence electrons. The Balaban J connectivity index is 1.66. The zero-order valence-electron chi connectivity index (χ0n) is 16.8. The third-order valence-corrected chi connectivity index (χ3v) is 6.25. The van der Waals surface area contributed by atoms with E-state index in [1.54, 1.807) is 13.8 Å². The quantitative estimate of drug-likeness (QED) is 0.338. The SMILES string of the molecule is Cc1cc(C(F)F)nc2sc3c(ncn4nc([C@@H](C)n5nc(C(F)(F)F)cc5C)nc34)c12. The molecule has 0 aliphatic carbocycles. The molecule has 5 aromatic rings. The second-order valence-electron chi connectivity index (χ2n) is 7.40. The van der Waals surface area contributed by atoms with Gasteiger partial charge in [0.1, 0.15) is 27.6 Å². The highest BCUT2D eigenvalue weighted by atomic mass is 32.1. The highest BCUT2D eigenvalue weighted by Crippen LogP contribution is 2.37. The molecule has 0 amide bonds. The van der Waals surface area contributed by atoms with Gasteiger partial charge in [0, 0.05) is 11.1 Å². The number of rotatable bonds is 3. The Morgan fingerprint density at radius 2 is 1.81 bits per heavy atom. The largest absolute Gasteiger partial charge is 0.435 e. The standard InChI is InChI=1S/C19H14F5N7S/c1-7-4-10(15(20)21)26-18-12(7)13-14(32-18)17-27-16(29-30(17)6-25-13)9(3)31-8(2)5-11(28-31)19(22,23)24/h4-6,9,15H,1-3H3/t9-/m1/s1. The van der Waals surface area contributed by atoms with Gasteiger partial charge in [-0.3, -0.25) is 4.68 Å². The third-order valence-electron chi connectivity index (χ3n) is 5.18. The van der Waals surface area contributed by atoms with Crippen molar-refractivity contribution < 1.29 is 22.0 Å². The fourth-order valence-corrected chi connectivity index (χ4v) is 4.85. The van der Waals surface area contributed by atoms with Crippen LogP contribution in [0.3, 0.4) is 0 Å². The van der Waals surface area contributed by atoms with Crippen molar-refractivity contribution in [3.63, 3.8) is 0 Å². The minimum absolute atomic E-state index is 0.245. The van der Waals surface area contributed by atoms with Crippen molar-refractivity contribution in [2.24, 2.45) is 0 Å². The highest BCUT2D eigenvalue weighted by molar-refractivity contribution is 7.26. The first-order chi connectivity index (χ1) is 15.0. The molecule has 0 saturated carbocycles. The minimum atomic E-state index is -4.56. The Bertz CT molecular complexity index is 1500. The van der Waals surface area contributed by atoms with Crippen molar-refractivity contribution in [3.8, 4) is 0 Å². The number of hydrogen-bond donors (Lipinski definition) is 0. The van der Waals surface area contributed by atoms with Crippen LogP contribution >= 0.6 is 11.3 Å². The molecule has 0 bridgehead atoms. The minimum Gasteiger partial charge on any atom is -0.259 e. The molecule has 0 N–H and O–H groups in total. The Morgan fingerprint density at radius 1 is 1.06 bits per heavy atom. The molecule has 0 spiro atoms. The van der Waals surface area contributed by atoms with Gasteiger partial charge >= 0.3 is 6.18 Å². The maximum atomic E-state index is 13.2. The summed E-state index contributed by atoms with van der Waals surface area (Å²) >= 11 is 1.17. The monoisotopic (exact) mass is 467 g/mol. The van der Waals surface area contributed by atoms with Crippen LogP contribution in [0.1, 0.15) is 47.9 Å². The molecule has 0 fully saturated rings. The van der Waals surface area contributed by atoms with Gasteiger partial charge < -0.3 is 0 Å². The van der Waals surface area contributed by atoms with Gasteiger partial charge in [-0.25, -0.2) is 28.2 Å². The molecule has 32 heavy (non-hydrogen) atoms. The molecule has 0 aromatic carbocycles. The number of nitrogens with zero attached hydrogens (tertiary/aromatic N) is 7. The van der Waals surface area contributed by atoms with E-state index in [9.17, 15) is 22.0 Å². The van der Waals surface area contributed by atoms with E-state index >= 15 is 0 Å². The number of thiophene rings is 1. The van der Waals surface area contributed by atoms with E-state index in [0.717, 1.165) is 6.07 Å². The lowest BCUT2D eigenvalue weighted by molar-refractivity contribution is -0.141. The average Bonchev–Trinajstić information content (AvgIpc) is 3.40. The summed E-state index contributed by atoms with van der Waals surface area (Å²) in [6.45, 7) is 4.88. The number of aromatic nitrogens is 7. The van der Waals surface area contributed by atoms with Gasteiger partial charge in [-0.1, -0.05) is 0 Å². The highest BCUT2D eigenvalue weighted by Gasteiger charge is 2.35. The zero-order chi connectivity index (χ0) is 22.9. The predicted molar refractivity (Wildman–Crippen MR) is 107 cm³/mol. The van der Waals surface area contributed by atoms with Crippen molar-refractivity contribution in [1.82, 2.24) is 34.3 Å². The van der Waals surface area contributed by atoms with Gasteiger partial charge in [0.25, 0.3) is 6.43 Å². The Hall–Kier alpha value is -3.22. The molecule has 13 heteroatoms. The number of alkyl halides is 5. The summed E-state index contributed by atoms with van der Waals surface area (Å²) < 4.78 is 68.7. The molecule has 5 rings (SSSR count). The fourth-order valence-electron chi connectivity index (χ4n) is 3.67. The number of fused-ring (bicyclic) bond motifs is 5. The van der Waals surface area contributed by atoms with Crippen LogP contribution in [-0.2, 0) is 6.18 Å². The number of hydrogen-bond acceptors (Lipinski definition) is 6. The lowest BCUT2D eigenvalue weighted by atomic mass is 10.1. The normalized spacial score (nSPS) is 13.8. The summed E-state index contributed by atoms with van der Waals surface area (Å²) in [7, 11) is 0. The van der Waals surface area contributed by atoms with E-state index in [4.69, 9.17) is 0 Å². The van der Waals surface area contributed by atoms with Crippen molar-refractivity contribution in [2.45, 2.75) is 39.4 Å². The molecule has 1 atom stereocenters. The predicted octanol–water partition coefficient (Wildman–Crippen LogP) is 5.27. The Labute approximate surface area is 180 Å². The van der Waals surface area contributed by atoms with Crippen molar-refractivity contribution in [2.75, 3.05) is 0 Å². The molecule has 0 aliphatic heterocycles. The molecular formula is C19H14F5N7S. The lowest BCUT2D eigenvalue weighted by Gasteiger charge is -2.10. The zero-order valence-corrected chi connectivity index (χ0v) is 17.6. The number of halogens is 5. The topological polar surface area (TPSA) is 73.8 Å². The Morgan fingerprint density at radius 3 is 2.47 bits per heavy atom. The maximum Gasteiger partial charge on any atom is 0.435 e. The molecule has 0 saturated heterocycles. The van der Waals surface area contributed by atoms with E-state index in [1.807, 2.05) is 0 Å². The van der Waals surface area contributed by atoms with Crippen LogP contribution in [0.4, 0.5) is 22.0 Å². The molecule has 5 heterocycles. The molecule has 0 radical (unpaired) electrons. The maximum absolute atomic E-state index is 13.2. The smallest absolute Gasteiger partial charge is 0.259 e. The van der Waals surface area contributed by atoms with Gasteiger partial charge in [-0.2, -0.15) is 18.3 Å². The molecule has 0 unspecified atom stereocenters. The summed E-state index contributed by atoms with van der Waals surface area (Å²) in [4.78, 5) is 13.4. The number of aryl methyl sites for hydroxylation is 2. The molecule has 0 aliphatic rings. The lowest BCUT2D eigenvalue weighted by Crippen LogP contribution is -2.14. The van der Waals surface area contributed by atoms with Crippen molar-refractivity contribution >= 4 is 37.4 Å². The summed E-state index contributed by atoms with van der Waals surface area (Å²) in [6, 6.07) is 1.62. The second-order valence-corrected chi connectivity index (χ2v) is 8.40. The first kappa shape index (κ1) is 20.7. The van der Waals surface area contributed by atoms with E-state index < -0.39 is 24.3 Å². The summed E-state index contributed by atoms with van der Waals surface area (Å²) in [5.74, 6) is 0.245. The summed E-state index contributed by atoms with van der Waals surface area (Å²) in [5.41, 5.74) is 0.600. The van der Waals surface area contributed by atoms with Gasteiger partial charge in [0.15, 0.2) is 17.2 Å². The average molecular weight is 467 g/mol. The molecule has 7 nitrogen and oxygen atoms in total. The summed E-state index contributed by atoms with van der Waals surface area (Å²) in [6.07, 6.45) is -5.82. The van der Waals surface area contributed by atoms with E-state index in [-0.39, 0.29) is 11.5 Å². The number of pyridine rings is 1. The van der Waals surface area contributed by atoms with E-state index in [0.29, 0.717) is 37.3 Å². The van der Waals surface area contributed by atoms with E-state index in [1.165, 1.54) is 39.9 Å². The van der Waals surface area contributed by atoms with Crippen LogP contribution in [0, 0.1) is 13.8 Å². The van der Waals surface area contributed by atoms with Gasteiger partial charge in [0.05, 0.1) is 5.52 Å². The van der Waals surface area contributed by atoms with Crippen LogP contribution in [-0.4, -0.2) is 34.3 Å². The van der Waals surface area contributed by atoms with E-state index in [2.05, 4.69) is 25.1 Å². The fraction of sp³-hybridized carbons (Fsp3) is 0.316. The van der Waals surface area contributed by atoms with Crippen molar-refractivity contribution in [3.05, 3.63) is 46.9 Å². The molecule has 5 aromatic heterocycles. The van der Waals surface area contributed by atoms with Gasteiger partial charge in [-0.15, -0.1) is 16.4 Å². The molecular weight excluding hydrogens is 453 g/mol. The third kappa shape index (κ3) is 3.10. The van der Waals surface area contributed by atoms with Crippen molar-refractivity contribution in [1.29, 1.82) is 0 Å².